The number of aryl methyl sites for hydroxylation is 1. The second kappa shape index (κ2) is 7.64. The lowest BCUT2D eigenvalue weighted by Gasteiger charge is -2.12. The number of carbonyl (C=O) groups excluding carboxylic acids is 1. The summed E-state index contributed by atoms with van der Waals surface area (Å²) in [6.07, 6.45) is 1.46. The van der Waals surface area contributed by atoms with E-state index in [0.717, 1.165) is 0 Å². The third kappa shape index (κ3) is 4.72. The van der Waals surface area contributed by atoms with Crippen molar-refractivity contribution in [3.8, 4) is 5.75 Å². The van der Waals surface area contributed by atoms with Crippen molar-refractivity contribution in [2.75, 3.05) is 19.0 Å². The molecule has 0 atom stereocenters. The van der Waals surface area contributed by atoms with Crippen LogP contribution in [-0.4, -0.2) is 29.2 Å². The second-order valence-corrected chi connectivity index (χ2v) is 5.22. The first-order chi connectivity index (χ1) is 11.0. The second-order valence-electron chi connectivity index (χ2n) is 4.79. The smallest absolute Gasteiger partial charge is 0.319 e. The van der Waals surface area contributed by atoms with Gasteiger partial charge >= 0.3 is 6.03 Å². The zero-order chi connectivity index (χ0) is 16.8. The Balaban J connectivity index is 1.90. The molecular formula is C15H17ClN4O3. The highest BCUT2D eigenvalue weighted by molar-refractivity contribution is 6.31. The van der Waals surface area contributed by atoms with E-state index in [4.69, 9.17) is 16.3 Å². The first kappa shape index (κ1) is 16.8. The molecule has 0 fully saturated rings. The number of carbonyl (C=O) groups is 1. The van der Waals surface area contributed by atoms with E-state index in [9.17, 15) is 9.59 Å². The van der Waals surface area contributed by atoms with Crippen molar-refractivity contribution in [1.29, 1.82) is 0 Å². The Hall–Kier alpha value is -2.54. The number of amides is 2. The minimum Gasteiger partial charge on any atom is -0.495 e. The van der Waals surface area contributed by atoms with Crippen LogP contribution in [0.25, 0.3) is 0 Å². The lowest BCUT2D eigenvalue weighted by atomic mass is 10.3. The maximum absolute atomic E-state index is 11.9. The molecule has 1 aromatic heterocycles. The molecule has 8 heteroatoms. The molecule has 0 aliphatic carbocycles. The summed E-state index contributed by atoms with van der Waals surface area (Å²) >= 11 is 5.90. The van der Waals surface area contributed by atoms with E-state index in [-0.39, 0.29) is 12.1 Å². The van der Waals surface area contributed by atoms with Crippen LogP contribution in [0.5, 0.6) is 5.75 Å². The largest absolute Gasteiger partial charge is 0.495 e. The van der Waals surface area contributed by atoms with Gasteiger partial charge in [-0.3, -0.25) is 9.36 Å². The molecular weight excluding hydrogens is 320 g/mol. The molecule has 0 saturated heterocycles. The molecule has 23 heavy (non-hydrogen) atoms. The Morgan fingerprint density at radius 1 is 1.39 bits per heavy atom. The zero-order valence-corrected chi connectivity index (χ0v) is 13.6. The molecule has 2 aromatic rings. The summed E-state index contributed by atoms with van der Waals surface area (Å²) in [6, 6.07) is 5.94. The van der Waals surface area contributed by atoms with Crippen LogP contribution in [0.3, 0.4) is 0 Å². The van der Waals surface area contributed by atoms with Crippen molar-refractivity contribution < 1.29 is 9.53 Å². The molecule has 2 N–H and O–H groups in total. The van der Waals surface area contributed by atoms with E-state index >= 15 is 0 Å². The fourth-order valence-electron chi connectivity index (χ4n) is 1.92. The van der Waals surface area contributed by atoms with E-state index < -0.39 is 6.03 Å². The van der Waals surface area contributed by atoms with Crippen molar-refractivity contribution in [3.63, 3.8) is 0 Å². The molecule has 0 unspecified atom stereocenters. The van der Waals surface area contributed by atoms with Crippen molar-refractivity contribution in [2.24, 2.45) is 0 Å². The summed E-state index contributed by atoms with van der Waals surface area (Å²) in [4.78, 5) is 27.6. The van der Waals surface area contributed by atoms with Crippen LogP contribution in [0.2, 0.25) is 5.02 Å². The SMILES string of the molecule is COc1ccc(Cl)cc1NC(=O)NCCn1cnc(C)cc1=O. The van der Waals surface area contributed by atoms with Crippen molar-refractivity contribution >= 4 is 23.3 Å². The van der Waals surface area contributed by atoms with Gasteiger partial charge in [0.25, 0.3) is 5.56 Å². The minimum atomic E-state index is -0.418. The number of hydrogen-bond acceptors (Lipinski definition) is 4. The van der Waals surface area contributed by atoms with Crippen LogP contribution >= 0.6 is 11.6 Å². The Kier molecular flexibility index (Phi) is 5.59. The molecule has 0 aliphatic rings. The summed E-state index contributed by atoms with van der Waals surface area (Å²) in [6.45, 7) is 2.35. The standard InChI is InChI=1S/C15H17ClN4O3/c1-10-7-14(21)20(9-18-10)6-5-17-15(22)19-12-8-11(16)3-4-13(12)23-2/h3-4,7-9H,5-6H2,1-2H3,(H2,17,19,22). The number of nitrogens with zero attached hydrogens (tertiary/aromatic N) is 2. The van der Waals surface area contributed by atoms with Gasteiger partial charge in [0.15, 0.2) is 0 Å². The monoisotopic (exact) mass is 336 g/mol. The average Bonchev–Trinajstić information content (AvgIpc) is 2.50. The lowest BCUT2D eigenvalue weighted by Crippen LogP contribution is -2.33. The molecule has 7 nitrogen and oxygen atoms in total. The molecule has 0 aliphatic heterocycles. The number of benzene rings is 1. The highest BCUT2D eigenvalue weighted by Gasteiger charge is 2.08. The van der Waals surface area contributed by atoms with Gasteiger partial charge in [-0.25, -0.2) is 9.78 Å². The number of hydrogen-bond donors (Lipinski definition) is 2. The summed E-state index contributed by atoms with van der Waals surface area (Å²) in [7, 11) is 1.50. The summed E-state index contributed by atoms with van der Waals surface area (Å²) in [5.41, 5.74) is 0.966. The fraction of sp³-hybridized carbons (Fsp3) is 0.267. The molecule has 2 amide bonds. The van der Waals surface area contributed by atoms with E-state index in [0.29, 0.717) is 28.7 Å². The number of rotatable bonds is 5. The third-order valence-corrected chi connectivity index (χ3v) is 3.30. The molecule has 0 saturated carbocycles. The van der Waals surface area contributed by atoms with Gasteiger partial charge in [-0.2, -0.15) is 0 Å². The predicted octanol–water partition coefficient (Wildman–Crippen LogP) is 2.04. The van der Waals surface area contributed by atoms with E-state index in [2.05, 4.69) is 15.6 Å². The lowest BCUT2D eigenvalue weighted by molar-refractivity contribution is 0.251. The molecule has 0 radical (unpaired) electrons. The van der Waals surface area contributed by atoms with Gasteiger partial charge in [0, 0.05) is 29.9 Å². The van der Waals surface area contributed by atoms with Crippen LogP contribution in [0, 0.1) is 6.92 Å². The molecule has 1 heterocycles. The molecule has 0 spiro atoms. The van der Waals surface area contributed by atoms with Crippen molar-refractivity contribution in [2.45, 2.75) is 13.5 Å². The van der Waals surface area contributed by atoms with Gasteiger partial charge in [0.2, 0.25) is 0 Å². The van der Waals surface area contributed by atoms with Crippen LogP contribution < -0.4 is 20.9 Å². The maximum Gasteiger partial charge on any atom is 0.319 e. The number of ether oxygens (including phenoxy) is 1. The Labute approximate surface area is 138 Å². The van der Waals surface area contributed by atoms with Crippen LogP contribution in [0.4, 0.5) is 10.5 Å². The molecule has 0 bridgehead atoms. The van der Waals surface area contributed by atoms with E-state index in [1.807, 2.05) is 0 Å². The Morgan fingerprint density at radius 2 is 2.17 bits per heavy atom. The van der Waals surface area contributed by atoms with Gasteiger partial charge in [-0.1, -0.05) is 11.6 Å². The van der Waals surface area contributed by atoms with E-state index in [1.165, 1.54) is 24.1 Å². The number of nitrogens with one attached hydrogen (secondary N) is 2. The first-order valence-electron chi connectivity index (χ1n) is 6.91. The summed E-state index contributed by atoms with van der Waals surface area (Å²) < 4.78 is 6.57. The summed E-state index contributed by atoms with van der Waals surface area (Å²) in [5, 5.41) is 5.79. The topological polar surface area (TPSA) is 85.2 Å². The Morgan fingerprint density at radius 3 is 2.87 bits per heavy atom. The van der Waals surface area contributed by atoms with Gasteiger partial charge in [-0.05, 0) is 25.1 Å². The normalized spacial score (nSPS) is 10.2. The first-order valence-corrected chi connectivity index (χ1v) is 7.29. The van der Waals surface area contributed by atoms with Gasteiger partial charge in [0.1, 0.15) is 5.75 Å². The molecule has 1 aromatic carbocycles. The van der Waals surface area contributed by atoms with Crippen LogP contribution in [0.1, 0.15) is 5.69 Å². The highest BCUT2D eigenvalue weighted by atomic mass is 35.5. The van der Waals surface area contributed by atoms with Crippen molar-refractivity contribution in [1.82, 2.24) is 14.9 Å². The number of anilines is 1. The quantitative estimate of drug-likeness (QED) is 0.875. The van der Waals surface area contributed by atoms with Crippen molar-refractivity contribution in [3.05, 3.63) is 51.7 Å². The molecule has 2 rings (SSSR count). The number of methoxy groups -OCH3 is 1. The summed E-state index contributed by atoms with van der Waals surface area (Å²) in [5.74, 6) is 0.503. The van der Waals surface area contributed by atoms with Crippen LogP contribution in [-0.2, 0) is 6.54 Å². The van der Waals surface area contributed by atoms with Crippen LogP contribution in [0.15, 0.2) is 35.4 Å². The highest BCUT2D eigenvalue weighted by Crippen LogP contribution is 2.27. The number of halogens is 1. The van der Waals surface area contributed by atoms with Gasteiger partial charge in [-0.15, -0.1) is 0 Å². The number of urea groups is 1. The molecule has 122 valence electrons. The van der Waals surface area contributed by atoms with E-state index in [1.54, 1.807) is 25.1 Å². The average molecular weight is 337 g/mol. The zero-order valence-electron chi connectivity index (χ0n) is 12.8. The maximum atomic E-state index is 11.9. The fourth-order valence-corrected chi connectivity index (χ4v) is 2.09. The number of aromatic nitrogens is 2. The third-order valence-electron chi connectivity index (χ3n) is 3.06. The van der Waals surface area contributed by atoms with Gasteiger partial charge < -0.3 is 15.4 Å². The predicted molar refractivity (Wildman–Crippen MR) is 88.3 cm³/mol. The van der Waals surface area contributed by atoms with Gasteiger partial charge in [0.05, 0.1) is 19.1 Å². The Bertz CT molecular complexity index is 761. The minimum absolute atomic E-state index is 0.156.